The van der Waals surface area contributed by atoms with Gasteiger partial charge in [0.1, 0.15) is 18.2 Å². The summed E-state index contributed by atoms with van der Waals surface area (Å²) in [5.74, 6) is 0.277. The number of ether oxygens (including phenoxy) is 1. The van der Waals surface area contributed by atoms with Crippen LogP contribution in [0.2, 0.25) is 0 Å². The SMILES string of the molecule is C/C(C(=O)N1CCOc2cc(-c3ccccc3S(N)(=O)=O)ccc21)=C(/C)c1cccc(C(=N)N)c1. The van der Waals surface area contributed by atoms with Crippen LogP contribution in [0, 0.1) is 5.41 Å². The maximum Gasteiger partial charge on any atom is 0.254 e. The highest BCUT2D eigenvalue weighted by Gasteiger charge is 2.26. The maximum atomic E-state index is 13.5. The van der Waals surface area contributed by atoms with Crippen LogP contribution in [0.15, 0.2) is 77.2 Å². The number of hydrogen-bond donors (Lipinski definition) is 3. The largest absolute Gasteiger partial charge is 0.490 e. The number of sulfonamides is 1. The number of primary sulfonamides is 1. The Morgan fingerprint density at radius 1 is 1.00 bits per heavy atom. The molecule has 35 heavy (non-hydrogen) atoms. The molecule has 9 heteroatoms. The number of fused-ring (bicyclic) bond motifs is 1. The molecule has 0 unspecified atom stereocenters. The summed E-state index contributed by atoms with van der Waals surface area (Å²) in [6, 6.07) is 18.9. The minimum absolute atomic E-state index is 0.0193. The lowest BCUT2D eigenvalue weighted by atomic mass is 9.98. The second-order valence-corrected chi connectivity index (χ2v) is 9.80. The highest BCUT2D eigenvalue weighted by molar-refractivity contribution is 7.89. The van der Waals surface area contributed by atoms with E-state index in [0.29, 0.717) is 46.9 Å². The van der Waals surface area contributed by atoms with Crippen LogP contribution < -0.4 is 20.5 Å². The number of allylic oxidation sites excluding steroid dienone is 1. The molecular weight excluding hydrogens is 464 g/mol. The molecule has 3 aromatic rings. The third kappa shape index (κ3) is 4.82. The van der Waals surface area contributed by atoms with E-state index in [0.717, 1.165) is 11.1 Å². The van der Waals surface area contributed by atoms with Gasteiger partial charge in [-0.05, 0) is 54.8 Å². The van der Waals surface area contributed by atoms with E-state index < -0.39 is 10.0 Å². The van der Waals surface area contributed by atoms with Gasteiger partial charge in [0.2, 0.25) is 10.0 Å². The molecule has 4 rings (SSSR count). The average Bonchev–Trinajstić information content (AvgIpc) is 2.86. The minimum Gasteiger partial charge on any atom is -0.490 e. The molecule has 1 heterocycles. The van der Waals surface area contributed by atoms with Crippen molar-refractivity contribution in [3.63, 3.8) is 0 Å². The standard InChI is InChI=1S/C26H26N4O4S/c1-16(18-6-5-7-20(14-18)25(27)28)17(2)26(31)30-12-13-34-23-15-19(10-11-22(23)30)21-8-3-4-9-24(21)35(29,32)33/h3-11,14-15H,12-13H2,1-2H3,(H3,27,28)(H2,29,32,33)/b17-16+. The van der Waals surface area contributed by atoms with Crippen LogP contribution in [-0.2, 0) is 14.8 Å². The molecule has 0 saturated carbocycles. The van der Waals surface area contributed by atoms with Gasteiger partial charge < -0.3 is 15.4 Å². The normalized spacial score (nSPS) is 14.0. The molecule has 1 amide bonds. The summed E-state index contributed by atoms with van der Waals surface area (Å²) in [5.41, 5.74) is 10.0. The number of nitrogens with zero attached hydrogens (tertiary/aromatic N) is 1. The quantitative estimate of drug-likeness (QED) is 0.285. The topological polar surface area (TPSA) is 140 Å². The summed E-state index contributed by atoms with van der Waals surface area (Å²) in [6.45, 7) is 4.30. The van der Waals surface area contributed by atoms with E-state index in [1.54, 1.807) is 66.4 Å². The van der Waals surface area contributed by atoms with Gasteiger partial charge in [0.05, 0.1) is 17.1 Å². The molecule has 0 saturated heterocycles. The van der Waals surface area contributed by atoms with E-state index in [9.17, 15) is 13.2 Å². The Kier molecular flexibility index (Phi) is 6.47. The number of nitrogens with one attached hydrogen (secondary N) is 1. The zero-order valence-corrected chi connectivity index (χ0v) is 20.2. The number of carbonyl (C=O) groups is 1. The van der Waals surface area contributed by atoms with Crippen molar-refractivity contribution in [3.8, 4) is 16.9 Å². The summed E-state index contributed by atoms with van der Waals surface area (Å²) < 4.78 is 29.9. The molecule has 1 aliphatic rings. The van der Waals surface area contributed by atoms with E-state index in [-0.39, 0.29) is 16.6 Å². The molecular formula is C26H26N4O4S. The first-order chi connectivity index (χ1) is 16.6. The number of anilines is 1. The van der Waals surface area contributed by atoms with E-state index in [2.05, 4.69) is 0 Å². The zero-order chi connectivity index (χ0) is 25.3. The van der Waals surface area contributed by atoms with Gasteiger partial charge in [0, 0.05) is 16.7 Å². The van der Waals surface area contributed by atoms with E-state index >= 15 is 0 Å². The fraction of sp³-hybridized carbons (Fsp3) is 0.154. The Labute approximate surface area is 204 Å². The Balaban J connectivity index is 1.70. The summed E-state index contributed by atoms with van der Waals surface area (Å²) >= 11 is 0. The summed E-state index contributed by atoms with van der Waals surface area (Å²) in [6.07, 6.45) is 0. The second kappa shape index (κ2) is 9.36. The molecule has 8 nitrogen and oxygen atoms in total. The number of nitrogen functional groups attached to an aromatic ring is 1. The number of amides is 1. The van der Waals surface area contributed by atoms with Crippen LogP contribution in [0.1, 0.15) is 25.0 Å². The molecule has 0 fully saturated rings. The fourth-order valence-corrected chi connectivity index (χ4v) is 4.81. The molecule has 1 aliphatic heterocycles. The first-order valence-corrected chi connectivity index (χ1v) is 12.5. The Hall–Kier alpha value is -3.95. The number of rotatable bonds is 5. The van der Waals surface area contributed by atoms with Gasteiger partial charge in [-0.2, -0.15) is 0 Å². The predicted octanol–water partition coefficient (Wildman–Crippen LogP) is 3.50. The monoisotopic (exact) mass is 490 g/mol. The number of hydrogen-bond acceptors (Lipinski definition) is 5. The Morgan fingerprint density at radius 3 is 2.43 bits per heavy atom. The Bertz CT molecular complexity index is 1480. The van der Waals surface area contributed by atoms with Gasteiger partial charge in [0.15, 0.2) is 0 Å². The first kappa shape index (κ1) is 24.2. The Morgan fingerprint density at radius 2 is 1.71 bits per heavy atom. The average molecular weight is 491 g/mol. The van der Waals surface area contributed by atoms with Crippen molar-refractivity contribution in [3.05, 3.63) is 83.4 Å². The van der Waals surface area contributed by atoms with Crippen LogP contribution in [0.5, 0.6) is 5.75 Å². The highest BCUT2D eigenvalue weighted by Crippen LogP contribution is 2.38. The highest BCUT2D eigenvalue weighted by atomic mass is 32.2. The van der Waals surface area contributed by atoms with E-state index in [1.165, 1.54) is 6.07 Å². The third-order valence-corrected chi connectivity index (χ3v) is 7.03. The molecule has 180 valence electrons. The molecule has 5 N–H and O–H groups in total. The summed E-state index contributed by atoms with van der Waals surface area (Å²) in [5, 5.41) is 13.1. The maximum absolute atomic E-state index is 13.5. The number of benzene rings is 3. The van der Waals surface area contributed by atoms with Gasteiger partial charge in [0.25, 0.3) is 5.91 Å². The van der Waals surface area contributed by atoms with Crippen molar-refractivity contribution in [2.24, 2.45) is 10.9 Å². The molecule has 0 bridgehead atoms. The van der Waals surface area contributed by atoms with E-state index in [4.69, 9.17) is 21.0 Å². The van der Waals surface area contributed by atoms with Gasteiger partial charge in [-0.1, -0.05) is 42.5 Å². The molecule has 0 radical (unpaired) electrons. The predicted molar refractivity (Wildman–Crippen MR) is 137 cm³/mol. The zero-order valence-electron chi connectivity index (χ0n) is 19.4. The summed E-state index contributed by atoms with van der Waals surface area (Å²) in [7, 11) is -3.92. The molecule has 0 aliphatic carbocycles. The van der Waals surface area contributed by atoms with E-state index in [1.807, 2.05) is 13.0 Å². The van der Waals surface area contributed by atoms with Crippen molar-refractivity contribution < 1.29 is 17.9 Å². The van der Waals surface area contributed by atoms with Crippen molar-refractivity contribution in [1.82, 2.24) is 0 Å². The van der Waals surface area contributed by atoms with Gasteiger partial charge in [-0.25, -0.2) is 13.6 Å². The van der Waals surface area contributed by atoms with Crippen molar-refractivity contribution in [2.75, 3.05) is 18.1 Å². The lowest BCUT2D eigenvalue weighted by Gasteiger charge is -2.30. The fourth-order valence-electron chi connectivity index (χ4n) is 4.05. The first-order valence-electron chi connectivity index (χ1n) is 10.9. The van der Waals surface area contributed by atoms with Crippen LogP contribution in [-0.4, -0.2) is 33.3 Å². The van der Waals surface area contributed by atoms with Gasteiger partial charge in [-0.3, -0.25) is 10.2 Å². The number of carbonyl (C=O) groups excluding carboxylic acids is 1. The summed E-state index contributed by atoms with van der Waals surface area (Å²) in [4.78, 5) is 15.2. The third-order valence-electron chi connectivity index (χ3n) is 6.06. The minimum atomic E-state index is -3.92. The molecule has 0 aromatic heterocycles. The van der Waals surface area contributed by atoms with Gasteiger partial charge in [-0.15, -0.1) is 0 Å². The lowest BCUT2D eigenvalue weighted by molar-refractivity contribution is -0.115. The lowest BCUT2D eigenvalue weighted by Crippen LogP contribution is -2.38. The van der Waals surface area contributed by atoms with Crippen LogP contribution >= 0.6 is 0 Å². The van der Waals surface area contributed by atoms with Crippen LogP contribution in [0.4, 0.5) is 5.69 Å². The number of amidine groups is 1. The van der Waals surface area contributed by atoms with Crippen molar-refractivity contribution >= 4 is 33.0 Å². The molecule has 0 atom stereocenters. The molecule has 0 spiro atoms. The number of nitrogens with two attached hydrogens (primary N) is 2. The van der Waals surface area contributed by atoms with Crippen LogP contribution in [0.25, 0.3) is 16.7 Å². The van der Waals surface area contributed by atoms with Gasteiger partial charge >= 0.3 is 0 Å². The molecule has 3 aromatic carbocycles. The van der Waals surface area contributed by atoms with Crippen molar-refractivity contribution in [2.45, 2.75) is 18.7 Å². The second-order valence-electron chi connectivity index (χ2n) is 8.27. The van der Waals surface area contributed by atoms with Crippen molar-refractivity contribution in [1.29, 1.82) is 5.41 Å². The smallest absolute Gasteiger partial charge is 0.254 e. The van der Waals surface area contributed by atoms with Crippen LogP contribution in [0.3, 0.4) is 0 Å².